The Morgan fingerprint density at radius 3 is 2.72 bits per heavy atom. The highest BCUT2D eigenvalue weighted by Gasteiger charge is 2.35. The van der Waals surface area contributed by atoms with Crippen molar-refractivity contribution in [2.24, 2.45) is 7.05 Å². The van der Waals surface area contributed by atoms with Gasteiger partial charge in [0.05, 0.1) is 23.2 Å². The molecule has 0 aliphatic carbocycles. The van der Waals surface area contributed by atoms with E-state index in [1.54, 1.807) is 40.8 Å². The molecule has 0 saturated heterocycles. The van der Waals surface area contributed by atoms with Gasteiger partial charge < -0.3 is 14.8 Å². The summed E-state index contributed by atoms with van der Waals surface area (Å²) in [6.45, 7) is 6.46. The van der Waals surface area contributed by atoms with Crippen molar-refractivity contribution in [2.75, 3.05) is 0 Å². The largest absolute Gasteiger partial charge is 0.481 e. The van der Waals surface area contributed by atoms with Crippen LogP contribution < -0.4 is 4.74 Å². The highest BCUT2D eigenvalue weighted by molar-refractivity contribution is 5.86. The summed E-state index contributed by atoms with van der Waals surface area (Å²) in [4.78, 5) is 23.7. The molecule has 0 fully saturated rings. The molecule has 2 N–H and O–H groups in total. The first-order valence-electron chi connectivity index (χ1n) is 16.7. The number of hydrogen-bond acceptors (Lipinski definition) is 7. The number of aliphatic carboxylic acids is 1. The maximum atomic E-state index is 15.8. The number of fused-ring (bicyclic) bond motifs is 10. The van der Waals surface area contributed by atoms with Crippen molar-refractivity contribution < 1.29 is 23.4 Å². The Kier molecular flexibility index (Phi) is 8.44. The lowest BCUT2D eigenvalue weighted by atomic mass is 9.75. The van der Waals surface area contributed by atoms with Crippen LogP contribution in [0.3, 0.4) is 0 Å². The van der Waals surface area contributed by atoms with E-state index in [1.807, 2.05) is 24.4 Å². The van der Waals surface area contributed by atoms with Crippen molar-refractivity contribution in [3.63, 3.8) is 0 Å². The fourth-order valence-corrected chi connectivity index (χ4v) is 6.81. The van der Waals surface area contributed by atoms with E-state index < -0.39 is 23.0 Å². The quantitative estimate of drug-likeness (QED) is 0.199. The lowest BCUT2D eigenvalue weighted by Gasteiger charge is -2.29. The summed E-state index contributed by atoms with van der Waals surface area (Å²) < 4.78 is 40.6. The van der Waals surface area contributed by atoms with Gasteiger partial charge in [-0.2, -0.15) is 9.49 Å². The third-order valence-electron chi connectivity index (χ3n) is 9.87. The molecule has 0 saturated carbocycles. The number of H-pyrrole nitrogens is 1. The first kappa shape index (κ1) is 33.1. The Balaban J connectivity index is 1.36. The van der Waals surface area contributed by atoms with Crippen LogP contribution in [0.25, 0.3) is 22.4 Å². The molecule has 2 aromatic carbocycles. The Bertz CT molecular complexity index is 2220. The number of carbonyl (C=O) groups is 1. The molecular weight excluding hydrogens is 642 g/mol. The highest BCUT2D eigenvalue weighted by Crippen LogP contribution is 2.40. The molecule has 1 atom stereocenters. The molecule has 50 heavy (non-hydrogen) atoms. The summed E-state index contributed by atoms with van der Waals surface area (Å²) in [5.41, 5.74) is 2.64. The first-order valence-corrected chi connectivity index (χ1v) is 16.7. The minimum Gasteiger partial charge on any atom is -0.481 e. The molecule has 13 heteroatoms. The molecule has 0 spiro atoms. The number of nitrogens with one attached hydrogen (secondary N) is 1. The van der Waals surface area contributed by atoms with Crippen molar-refractivity contribution in [1.29, 1.82) is 0 Å². The van der Waals surface area contributed by atoms with Gasteiger partial charge in [0.15, 0.2) is 23.2 Å². The normalized spacial score (nSPS) is 17.7. The maximum Gasteiger partial charge on any atom is 0.303 e. The van der Waals surface area contributed by atoms with Gasteiger partial charge in [0, 0.05) is 54.5 Å². The Hall–Kier alpha value is -5.46. The van der Waals surface area contributed by atoms with Crippen LogP contribution >= 0.6 is 0 Å². The molecular formula is C37H38F2N8O3. The van der Waals surface area contributed by atoms with Crippen molar-refractivity contribution >= 4 is 16.9 Å². The SMILES string of the molecule is Cn1nc2nc1-c1cc(ccn1)Oc1c(F)c(F)c3[nH]ccc3c1Cn1cc(nn1)C(C)(C)CCCCC2(C)c1cccc(CCC(=O)O)c1. The van der Waals surface area contributed by atoms with Gasteiger partial charge >= 0.3 is 5.97 Å². The Morgan fingerprint density at radius 1 is 1.08 bits per heavy atom. The summed E-state index contributed by atoms with van der Waals surface area (Å²) in [6.07, 6.45) is 8.67. The number of halogens is 2. The molecule has 1 aliphatic heterocycles. The Morgan fingerprint density at radius 2 is 1.90 bits per heavy atom. The van der Waals surface area contributed by atoms with Gasteiger partial charge in [0.1, 0.15) is 11.4 Å². The smallest absolute Gasteiger partial charge is 0.303 e. The number of ether oxygens (including phenoxy) is 1. The van der Waals surface area contributed by atoms with E-state index in [1.165, 1.54) is 6.20 Å². The number of pyridine rings is 1. The van der Waals surface area contributed by atoms with Crippen LogP contribution in [-0.2, 0) is 35.6 Å². The minimum absolute atomic E-state index is 0.0347. The fraction of sp³-hybridized carbons (Fsp3) is 0.351. The van der Waals surface area contributed by atoms with Gasteiger partial charge in [-0.25, -0.2) is 18.7 Å². The fourth-order valence-electron chi connectivity index (χ4n) is 6.81. The van der Waals surface area contributed by atoms with Crippen LogP contribution in [-0.4, -0.2) is 50.8 Å². The van der Waals surface area contributed by atoms with E-state index in [2.05, 4.69) is 47.1 Å². The van der Waals surface area contributed by atoms with Crippen molar-refractivity contribution in [1.82, 2.24) is 39.7 Å². The van der Waals surface area contributed by atoms with Gasteiger partial charge in [-0.05, 0) is 49.4 Å². The zero-order valence-corrected chi connectivity index (χ0v) is 28.4. The monoisotopic (exact) mass is 680 g/mol. The van der Waals surface area contributed by atoms with Gasteiger partial charge in [0.2, 0.25) is 5.82 Å². The van der Waals surface area contributed by atoms with Crippen LogP contribution in [0.1, 0.15) is 81.1 Å². The predicted molar refractivity (Wildman–Crippen MR) is 182 cm³/mol. The minimum atomic E-state index is -1.12. The van der Waals surface area contributed by atoms with Gasteiger partial charge in [-0.1, -0.05) is 56.2 Å². The zero-order valence-electron chi connectivity index (χ0n) is 28.4. The number of carboxylic acid groups (broad SMARTS) is 1. The van der Waals surface area contributed by atoms with Crippen LogP contribution in [0.5, 0.6) is 11.5 Å². The van der Waals surface area contributed by atoms with E-state index >= 15 is 8.78 Å². The van der Waals surface area contributed by atoms with Crippen molar-refractivity contribution in [3.8, 4) is 23.0 Å². The average Bonchev–Trinajstić information content (AvgIpc) is 3.87. The second-order valence-corrected chi connectivity index (χ2v) is 13.9. The summed E-state index contributed by atoms with van der Waals surface area (Å²) in [5, 5.41) is 23.5. The average molecular weight is 681 g/mol. The number of hydrogen-bond donors (Lipinski definition) is 2. The standard InChI is InChI=1S/C37H38F2N8O3/c1-36(2)14-5-6-15-37(3,23-9-7-8-22(18-23)10-11-29(48)49)35-42-34(46(4)44-35)27-19-24(12-16-40-27)50-33-26(20-47-21-28(36)43-45-47)25-13-17-41-32(25)30(38)31(33)39/h7-9,12-13,16-19,21,41H,5-6,10-11,14-15,20H2,1-4H3,(H,48,49). The number of carboxylic acids is 1. The third kappa shape index (κ3) is 6.12. The van der Waals surface area contributed by atoms with Gasteiger partial charge in [0.25, 0.3) is 0 Å². The van der Waals surface area contributed by atoms with E-state index in [0.29, 0.717) is 34.7 Å². The Labute approximate surface area is 287 Å². The summed E-state index contributed by atoms with van der Waals surface area (Å²) >= 11 is 0. The molecule has 0 amide bonds. The second kappa shape index (κ2) is 12.8. The van der Waals surface area contributed by atoms with Gasteiger partial charge in [-0.15, -0.1) is 5.10 Å². The molecule has 4 aromatic heterocycles. The van der Waals surface area contributed by atoms with Crippen LogP contribution in [0.15, 0.2) is 61.1 Å². The summed E-state index contributed by atoms with van der Waals surface area (Å²) in [6, 6.07) is 12.9. The second-order valence-electron chi connectivity index (χ2n) is 13.9. The van der Waals surface area contributed by atoms with Crippen LogP contribution in [0.4, 0.5) is 8.78 Å². The predicted octanol–water partition coefficient (Wildman–Crippen LogP) is 7.24. The molecule has 1 aliphatic rings. The van der Waals surface area contributed by atoms with Crippen molar-refractivity contribution in [2.45, 2.75) is 76.7 Å². The van der Waals surface area contributed by atoms with Crippen LogP contribution in [0, 0.1) is 11.6 Å². The lowest BCUT2D eigenvalue weighted by Crippen LogP contribution is -2.26. The zero-order chi connectivity index (χ0) is 35.2. The molecule has 11 nitrogen and oxygen atoms in total. The van der Waals surface area contributed by atoms with Crippen molar-refractivity contribution in [3.05, 3.63) is 101 Å². The molecule has 258 valence electrons. The number of aryl methyl sites for hydroxylation is 2. The molecule has 1 unspecified atom stereocenters. The number of benzene rings is 2. The topological polar surface area (TPSA) is 137 Å². The molecule has 0 radical (unpaired) electrons. The summed E-state index contributed by atoms with van der Waals surface area (Å²) in [7, 11) is 1.79. The van der Waals surface area contributed by atoms with E-state index in [0.717, 1.165) is 42.5 Å². The molecule has 6 aromatic rings. The molecule has 7 rings (SSSR count). The molecule has 5 heterocycles. The number of nitrogens with zero attached hydrogens (tertiary/aromatic N) is 7. The third-order valence-corrected chi connectivity index (χ3v) is 9.87. The molecule has 6 bridgehead atoms. The number of aromatic amines is 1. The first-order chi connectivity index (χ1) is 23.9. The van der Waals surface area contributed by atoms with E-state index in [4.69, 9.17) is 14.8 Å². The highest BCUT2D eigenvalue weighted by atomic mass is 19.2. The number of aromatic nitrogens is 8. The summed E-state index contributed by atoms with van der Waals surface area (Å²) in [5.74, 6) is -1.97. The van der Waals surface area contributed by atoms with Crippen LogP contribution in [0.2, 0.25) is 0 Å². The maximum absolute atomic E-state index is 15.8. The van der Waals surface area contributed by atoms with E-state index in [9.17, 15) is 9.90 Å². The number of rotatable bonds is 4. The lowest BCUT2D eigenvalue weighted by molar-refractivity contribution is -0.136. The van der Waals surface area contributed by atoms with Gasteiger partial charge in [-0.3, -0.25) is 9.78 Å². The van der Waals surface area contributed by atoms with E-state index in [-0.39, 0.29) is 35.4 Å².